The SMILES string of the molecule is Cc1ccc(C2CCCN2CC2(C)CCNC2)s1. The summed E-state index contributed by atoms with van der Waals surface area (Å²) >= 11 is 1.99. The molecule has 3 rings (SSSR count). The van der Waals surface area contributed by atoms with E-state index in [1.807, 2.05) is 11.3 Å². The molecule has 0 aliphatic carbocycles. The van der Waals surface area contributed by atoms with Gasteiger partial charge in [0.15, 0.2) is 0 Å². The minimum Gasteiger partial charge on any atom is -0.316 e. The number of nitrogens with zero attached hydrogens (tertiary/aromatic N) is 1. The van der Waals surface area contributed by atoms with Gasteiger partial charge in [0.05, 0.1) is 0 Å². The number of likely N-dealkylation sites (tertiary alicyclic amines) is 1. The van der Waals surface area contributed by atoms with Crippen LogP contribution < -0.4 is 5.32 Å². The van der Waals surface area contributed by atoms with Crippen LogP contribution in [0.4, 0.5) is 0 Å². The highest BCUT2D eigenvalue weighted by Crippen LogP contribution is 2.38. The Labute approximate surface area is 114 Å². The van der Waals surface area contributed by atoms with Crippen molar-refractivity contribution < 1.29 is 0 Å². The lowest BCUT2D eigenvalue weighted by Gasteiger charge is -2.32. The summed E-state index contributed by atoms with van der Waals surface area (Å²) in [5.74, 6) is 0. The Balaban J connectivity index is 1.71. The second-order valence-corrected chi connectivity index (χ2v) is 7.63. The van der Waals surface area contributed by atoms with Gasteiger partial charge < -0.3 is 5.32 Å². The van der Waals surface area contributed by atoms with Gasteiger partial charge in [-0.2, -0.15) is 0 Å². The fourth-order valence-corrected chi connectivity index (χ4v) is 4.51. The first-order valence-corrected chi connectivity index (χ1v) is 7.99. The molecule has 2 fully saturated rings. The Hall–Kier alpha value is -0.380. The van der Waals surface area contributed by atoms with Crippen molar-refractivity contribution in [3.8, 4) is 0 Å². The third kappa shape index (κ3) is 2.49. The maximum absolute atomic E-state index is 3.52. The highest BCUT2D eigenvalue weighted by atomic mass is 32.1. The van der Waals surface area contributed by atoms with Crippen LogP contribution in [0.3, 0.4) is 0 Å². The molecule has 0 aromatic carbocycles. The number of rotatable bonds is 3. The Bertz CT molecular complexity index is 406. The van der Waals surface area contributed by atoms with E-state index in [1.165, 1.54) is 50.3 Å². The van der Waals surface area contributed by atoms with Gasteiger partial charge >= 0.3 is 0 Å². The molecule has 2 unspecified atom stereocenters. The zero-order valence-corrected chi connectivity index (χ0v) is 12.4. The average molecular weight is 264 g/mol. The number of thiophene rings is 1. The van der Waals surface area contributed by atoms with Crippen molar-refractivity contribution in [3.63, 3.8) is 0 Å². The number of nitrogens with one attached hydrogen (secondary N) is 1. The highest BCUT2D eigenvalue weighted by molar-refractivity contribution is 7.12. The third-order valence-corrected chi connectivity index (χ3v) is 5.60. The van der Waals surface area contributed by atoms with E-state index in [-0.39, 0.29) is 0 Å². The van der Waals surface area contributed by atoms with Gasteiger partial charge in [0.2, 0.25) is 0 Å². The van der Waals surface area contributed by atoms with Crippen LogP contribution >= 0.6 is 11.3 Å². The fourth-order valence-electron chi connectivity index (χ4n) is 3.46. The van der Waals surface area contributed by atoms with Gasteiger partial charge in [-0.1, -0.05) is 6.92 Å². The minimum absolute atomic E-state index is 0.495. The van der Waals surface area contributed by atoms with E-state index in [9.17, 15) is 0 Å². The zero-order chi connectivity index (χ0) is 12.6. The predicted octanol–water partition coefficient (Wildman–Crippen LogP) is 3.19. The fraction of sp³-hybridized carbons (Fsp3) is 0.733. The van der Waals surface area contributed by atoms with Crippen LogP contribution in [0, 0.1) is 12.3 Å². The summed E-state index contributed by atoms with van der Waals surface area (Å²) in [6.07, 6.45) is 4.05. The Morgan fingerprint density at radius 2 is 2.39 bits per heavy atom. The topological polar surface area (TPSA) is 15.3 Å². The molecule has 3 heterocycles. The predicted molar refractivity (Wildman–Crippen MR) is 78.2 cm³/mol. The molecule has 1 aromatic rings. The van der Waals surface area contributed by atoms with Crippen LogP contribution in [0.25, 0.3) is 0 Å². The molecular formula is C15H24N2S. The first-order valence-electron chi connectivity index (χ1n) is 7.17. The standard InChI is InChI=1S/C15H24N2S/c1-12-5-6-14(18-12)13-4-3-9-17(13)11-15(2)7-8-16-10-15/h5-6,13,16H,3-4,7-11H2,1-2H3. The molecule has 0 amide bonds. The molecule has 18 heavy (non-hydrogen) atoms. The first kappa shape index (κ1) is 12.6. The second kappa shape index (κ2) is 4.95. The van der Waals surface area contributed by atoms with E-state index < -0.39 is 0 Å². The van der Waals surface area contributed by atoms with Gasteiger partial charge in [-0.05, 0) is 56.8 Å². The van der Waals surface area contributed by atoms with E-state index in [0.29, 0.717) is 11.5 Å². The molecular weight excluding hydrogens is 240 g/mol. The van der Waals surface area contributed by atoms with Gasteiger partial charge in [-0.15, -0.1) is 11.3 Å². The Kier molecular flexibility index (Phi) is 3.48. The van der Waals surface area contributed by atoms with E-state index in [2.05, 4.69) is 36.2 Å². The van der Waals surface area contributed by atoms with Crippen molar-refractivity contribution in [1.82, 2.24) is 10.2 Å². The van der Waals surface area contributed by atoms with Crippen LogP contribution in [0.2, 0.25) is 0 Å². The van der Waals surface area contributed by atoms with Gasteiger partial charge in [0.1, 0.15) is 0 Å². The van der Waals surface area contributed by atoms with Gasteiger partial charge in [-0.25, -0.2) is 0 Å². The summed E-state index contributed by atoms with van der Waals surface area (Å²) in [5, 5.41) is 3.52. The summed E-state index contributed by atoms with van der Waals surface area (Å²) in [4.78, 5) is 5.77. The van der Waals surface area contributed by atoms with Crippen molar-refractivity contribution in [1.29, 1.82) is 0 Å². The maximum atomic E-state index is 3.52. The summed E-state index contributed by atoms with van der Waals surface area (Å²) in [6, 6.07) is 5.31. The molecule has 2 saturated heterocycles. The van der Waals surface area contributed by atoms with Gasteiger partial charge in [0, 0.05) is 28.9 Å². The highest BCUT2D eigenvalue weighted by Gasteiger charge is 2.35. The Morgan fingerprint density at radius 3 is 3.06 bits per heavy atom. The molecule has 2 aliphatic heterocycles. The van der Waals surface area contributed by atoms with Crippen molar-refractivity contribution in [2.24, 2.45) is 5.41 Å². The smallest absolute Gasteiger partial charge is 0.0442 e. The molecule has 0 spiro atoms. The summed E-state index contributed by atoms with van der Waals surface area (Å²) in [7, 11) is 0. The normalized spacial score (nSPS) is 33.3. The number of hydrogen-bond acceptors (Lipinski definition) is 3. The molecule has 2 atom stereocenters. The minimum atomic E-state index is 0.495. The summed E-state index contributed by atoms with van der Waals surface area (Å²) in [5.41, 5.74) is 0.495. The van der Waals surface area contributed by atoms with E-state index in [4.69, 9.17) is 0 Å². The first-order chi connectivity index (χ1) is 8.66. The lowest BCUT2D eigenvalue weighted by molar-refractivity contribution is 0.167. The molecule has 3 heteroatoms. The van der Waals surface area contributed by atoms with Crippen molar-refractivity contribution in [2.75, 3.05) is 26.2 Å². The van der Waals surface area contributed by atoms with Crippen LogP contribution in [-0.2, 0) is 0 Å². The van der Waals surface area contributed by atoms with Gasteiger partial charge in [-0.3, -0.25) is 4.90 Å². The van der Waals surface area contributed by atoms with E-state index in [1.54, 1.807) is 4.88 Å². The lowest BCUT2D eigenvalue weighted by Crippen LogP contribution is -2.36. The molecule has 0 radical (unpaired) electrons. The number of hydrogen-bond donors (Lipinski definition) is 1. The third-order valence-electron chi connectivity index (χ3n) is 4.50. The molecule has 1 N–H and O–H groups in total. The molecule has 100 valence electrons. The largest absolute Gasteiger partial charge is 0.316 e. The molecule has 1 aromatic heterocycles. The van der Waals surface area contributed by atoms with Crippen molar-refractivity contribution in [3.05, 3.63) is 21.9 Å². The summed E-state index contributed by atoms with van der Waals surface area (Å²) in [6.45, 7) is 9.61. The lowest BCUT2D eigenvalue weighted by atomic mass is 9.89. The summed E-state index contributed by atoms with van der Waals surface area (Å²) < 4.78 is 0. The monoisotopic (exact) mass is 264 g/mol. The maximum Gasteiger partial charge on any atom is 0.0442 e. The van der Waals surface area contributed by atoms with E-state index in [0.717, 1.165) is 0 Å². The van der Waals surface area contributed by atoms with Crippen molar-refractivity contribution >= 4 is 11.3 Å². The average Bonchev–Trinajstić information content (AvgIpc) is 3.01. The molecule has 2 aliphatic rings. The Morgan fingerprint density at radius 1 is 1.50 bits per heavy atom. The molecule has 2 nitrogen and oxygen atoms in total. The van der Waals surface area contributed by atoms with Crippen LogP contribution in [0.1, 0.15) is 42.0 Å². The zero-order valence-electron chi connectivity index (χ0n) is 11.5. The van der Waals surface area contributed by atoms with Crippen LogP contribution in [0.15, 0.2) is 12.1 Å². The number of aryl methyl sites for hydroxylation is 1. The van der Waals surface area contributed by atoms with Crippen LogP contribution in [-0.4, -0.2) is 31.1 Å². The van der Waals surface area contributed by atoms with Crippen LogP contribution in [0.5, 0.6) is 0 Å². The van der Waals surface area contributed by atoms with Crippen molar-refractivity contribution in [2.45, 2.75) is 39.2 Å². The van der Waals surface area contributed by atoms with Gasteiger partial charge in [0.25, 0.3) is 0 Å². The molecule has 0 bridgehead atoms. The quantitative estimate of drug-likeness (QED) is 0.902. The molecule has 0 saturated carbocycles. The van der Waals surface area contributed by atoms with E-state index >= 15 is 0 Å². The second-order valence-electron chi connectivity index (χ2n) is 6.31.